The van der Waals surface area contributed by atoms with Gasteiger partial charge in [-0.15, -0.1) is 0 Å². The number of sulfonamides is 1. The highest BCUT2D eigenvalue weighted by Gasteiger charge is 2.20. The Bertz CT molecular complexity index is 960. The molecule has 1 atom stereocenters. The van der Waals surface area contributed by atoms with Crippen LogP contribution in [0.25, 0.3) is 0 Å². The van der Waals surface area contributed by atoms with Gasteiger partial charge in [0.1, 0.15) is 11.8 Å². The lowest BCUT2D eigenvalue weighted by Gasteiger charge is -2.14. The summed E-state index contributed by atoms with van der Waals surface area (Å²) in [5, 5.41) is 5.15. The molecular weight excluding hydrogens is 382 g/mol. The number of carbonyl (C=O) groups is 2. The average molecular weight is 405 g/mol. The van der Waals surface area contributed by atoms with Gasteiger partial charge < -0.3 is 15.4 Å². The van der Waals surface area contributed by atoms with Crippen molar-refractivity contribution in [2.75, 3.05) is 18.4 Å². The summed E-state index contributed by atoms with van der Waals surface area (Å²) in [6.45, 7) is 3.77. The molecule has 2 aromatic carbocycles. The predicted octanol–water partition coefficient (Wildman–Crippen LogP) is 1.75. The fourth-order valence-corrected chi connectivity index (χ4v) is 3.53. The second-order valence-electron chi connectivity index (χ2n) is 5.92. The fraction of sp³-hybridized carbons (Fsp3) is 0.263. The van der Waals surface area contributed by atoms with Crippen LogP contribution in [0.15, 0.2) is 53.4 Å². The predicted molar refractivity (Wildman–Crippen MR) is 106 cm³/mol. The summed E-state index contributed by atoms with van der Waals surface area (Å²) in [4.78, 5) is 24.0. The first-order chi connectivity index (χ1) is 13.3. The Labute approximate surface area is 164 Å². The third-order valence-electron chi connectivity index (χ3n) is 3.85. The molecule has 3 N–H and O–H groups in total. The van der Waals surface area contributed by atoms with Gasteiger partial charge in [0, 0.05) is 12.1 Å². The molecule has 0 bridgehead atoms. The second-order valence-corrected chi connectivity index (χ2v) is 7.61. The van der Waals surface area contributed by atoms with Gasteiger partial charge in [0.05, 0.1) is 17.7 Å². The molecule has 8 nitrogen and oxygen atoms in total. The number of amides is 2. The third kappa shape index (κ3) is 5.23. The zero-order valence-corrected chi connectivity index (χ0v) is 16.7. The number of ether oxygens (including phenoxy) is 1. The zero-order valence-electron chi connectivity index (χ0n) is 15.9. The molecule has 2 aromatic rings. The van der Waals surface area contributed by atoms with Crippen LogP contribution >= 0.6 is 0 Å². The van der Waals surface area contributed by atoms with Crippen molar-refractivity contribution in [3.8, 4) is 5.75 Å². The van der Waals surface area contributed by atoms with Crippen molar-refractivity contribution in [2.24, 2.45) is 0 Å². The summed E-state index contributed by atoms with van der Waals surface area (Å²) in [5.41, 5.74) is 0.406. The molecule has 0 saturated heterocycles. The molecule has 2 rings (SSSR count). The fourth-order valence-electron chi connectivity index (χ4n) is 2.41. The molecule has 0 unspecified atom stereocenters. The minimum Gasteiger partial charge on any atom is -0.495 e. The molecule has 150 valence electrons. The lowest BCUT2D eigenvalue weighted by molar-refractivity contribution is -0.122. The SMILES string of the molecule is CCNC(=O)[C@@H](C)NC(=O)c1cccc(S(=O)(=O)Nc2ccccc2OC)c1. The van der Waals surface area contributed by atoms with E-state index in [4.69, 9.17) is 4.74 Å². The summed E-state index contributed by atoms with van der Waals surface area (Å²) in [5.74, 6) is -0.499. The number of hydrogen-bond donors (Lipinski definition) is 3. The van der Waals surface area contributed by atoms with Gasteiger partial charge >= 0.3 is 0 Å². The number of likely N-dealkylation sites (N-methyl/N-ethyl adjacent to an activating group) is 1. The van der Waals surface area contributed by atoms with Gasteiger partial charge in [-0.1, -0.05) is 18.2 Å². The Morgan fingerprint density at radius 1 is 1.11 bits per heavy atom. The van der Waals surface area contributed by atoms with Crippen LogP contribution in [0, 0.1) is 0 Å². The number of anilines is 1. The monoisotopic (exact) mass is 405 g/mol. The van der Waals surface area contributed by atoms with Gasteiger partial charge in [-0.3, -0.25) is 14.3 Å². The molecule has 2 amide bonds. The van der Waals surface area contributed by atoms with Crippen molar-refractivity contribution >= 4 is 27.5 Å². The van der Waals surface area contributed by atoms with E-state index in [0.717, 1.165) is 0 Å². The van der Waals surface area contributed by atoms with Gasteiger partial charge in [-0.05, 0) is 44.2 Å². The summed E-state index contributed by atoms with van der Waals surface area (Å²) in [7, 11) is -2.51. The first kappa shape index (κ1) is 21.2. The van der Waals surface area contributed by atoms with E-state index >= 15 is 0 Å². The highest BCUT2D eigenvalue weighted by Crippen LogP contribution is 2.26. The number of carbonyl (C=O) groups excluding carboxylic acids is 2. The van der Waals surface area contributed by atoms with E-state index in [0.29, 0.717) is 12.3 Å². The van der Waals surface area contributed by atoms with Crippen molar-refractivity contribution in [3.05, 3.63) is 54.1 Å². The van der Waals surface area contributed by atoms with Crippen LogP contribution in [0.5, 0.6) is 5.75 Å². The van der Waals surface area contributed by atoms with E-state index in [-0.39, 0.29) is 22.1 Å². The lowest BCUT2D eigenvalue weighted by atomic mass is 10.2. The number of para-hydroxylation sites is 2. The standard InChI is InChI=1S/C19H23N3O5S/c1-4-20-18(23)13(2)21-19(24)14-8-7-9-15(12-14)28(25,26)22-16-10-5-6-11-17(16)27-3/h5-13,22H,4H2,1-3H3,(H,20,23)(H,21,24)/t13-/m1/s1. The Balaban J connectivity index is 2.21. The van der Waals surface area contributed by atoms with E-state index in [2.05, 4.69) is 15.4 Å². The van der Waals surface area contributed by atoms with Crippen molar-refractivity contribution in [1.29, 1.82) is 0 Å². The Morgan fingerprint density at radius 2 is 1.82 bits per heavy atom. The minimum atomic E-state index is -3.94. The zero-order chi connectivity index (χ0) is 20.7. The summed E-state index contributed by atoms with van der Waals surface area (Å²) in [6.07, 6.45) is 0. The molecule has 0 spiro atoms. The van der Waals surface area contributed by atoms with Gasteiger partial charge in [0.2, 0.25) is 5.91 Å². The van der Waals surface area contributed by atoms with E-state index in [9.17, 15) is 18.0 Å². The number of rotatable bonds is 8. The van der Waals surface area contributed by atoms with E-state index in [1.165, 1.54) is 31.4 Å². The van der Waals surface area contributed by atoms with Crippen LogP contribution < -0.4 is 20.1 Å². The molecule has 0 aliphatic rings. The molecule has 0 aromatic heterocycles. The first-order valence-corrected chi connectivity index (χ1v) is 10.1. The van der Waals surface area contributed by atoms with E-state index in [1.807, 2.05) is 0 Å². The highest BCUT2D eigenvalue weighted by molar-refractivity contribution is 7.92. The van der Waals surface area contributed by atoms with Crippen LogP contribution in [0.2, 0.25) is 0 Å². The maximum atomic E-state index is 12.7. The smallest absolute Gasteiger partial charge is 0.262 e. The van der Waals surface area contributed by atoms with Gasteiger partial charge in [-0.25, -0.2) is 8.42 Å². The Kier molecular flexibility index (Phi) is 7.00. The summed E-state index contributed by atoms with van der Waals surface area (Å²) in [6, 6.07) is 11.4. The van der Waals surface area contributed by atoms with E-state index < -0.39 is 22.0 Å². The van der Waals surface area contributed by atoms with Crippen molar-refractivity contribution in [1.82, 2.24) is 10.6 Å². The van der Waals surface area contributed by atoms with Crippen molar-refractivity contribution < 1.29 is 22.7 Å². The molecule has 0 saturated carbocycles. The number of nitrogens with one attached hydrogen (secondary N) is 3. The van der Waals surface area contributed by atoms with Crippen LogP contribution in [0.3, 0.4) is 0 Å². The molecule has 28 heavy (non-hydrogen) atoms. The van der Waals surface area contributed by atoms with Crippen LogP contribution in [-0.4, -0.2) is 39.9 Å². The molecule has 0 fully saturated rings. The maximum absolute atomic E-state index is 12.7. The highest BCUT2D eigenvalue weighted by atomic mass is 32.2. The molecular formula is C19H23N3O5S. The topological polar surface area (TPSA) is 114 Å². The quantitative estimate of drug-likeness (QED) is 0.619. The molecule has 0 radical (unpaired) electrons. The van der Waals surface area contributed by atoms with E-state index in [1.54, 1.807) is 38.1 Å². The number of benzene rings is 2. The molecule has 0 aliphatic heterocycles. The summed E-state index contributed by atoms with van der Waals surface area (Å²) < 4.78 is 33.0. The molecule has 0 heterocycles. The van der Waals surface area contributed by atoms with Crippen LogP contribution in [0.1, 0.15) is 24.2 Å². The van der Waals surface area contributed by atoms with Gasteiger partial charge in [0.25, 0.3) is 15.9 Å². The van der Waals surface area contributed by atoms with Crippen molar-refractivity contribution in [2.45, 2.75) is 24.8 Å². The average Bonchev–Trinajstić information content (AvgIpc) is 2.68. The maximum Gasteiger partial charge on any atom is 0.262 e. The lowest BCUT2D eigenvalue weighted by Crippen LogP contribution is -2.44. The Hall–Kier alpha value is -3.07. The van der Waals surface area contributed by atoms with Crippen molar-refractivity contribution in [3.63, 3.8) is 0 Å². The van der Waals surface area contributed by atoms with Crippen LogP contribution in [-0.2, 0) is 14.8 Å². The summed E-state index contributed by atoms with van der Waals surface area (Å²) >= 11 is 0. The second kappa shape index (κ2) is 9.23. The minimum absolute atomic E-state index is 0.0864. The van der Waals surface area contributed by atoms with Gasteiger partial charge in [-0.2, -0.15) is 0 Å². The van der Waals surface area contributed by atoms with Gasteiger partial charge in [0.15, 0.2) is 0 Å². The number of hydrogen-bond acceptors (Lipinski definition) is 5. The normalized spacial score (nSPS) is 12.0. The largest absolute Gasteiger partial charge is 0.495 e. The number of methoxy groups -OCH3 is 1. The van der Waals surface area contributed by atoms with Crippen LogP contribution in [0.4, 0.5) is 5.69 Å². The Morgan fingerprint density at radius 3 is 2.50 bits per heavy atom. The first-order valence-electron chi connectivity index (χ1n) is 8.63. The molecule has 9 heteroatoms. The third-order valence-corrected chi connectivity index (χ3v) is 5.21. The molecule has 0 aliphatic carbocycles.